The van der Waals surface area contributed by atoms with Crippen LogP contribution in [0.1, 0.15) is 0 Å². The van der Waals surface area contributed by atoms with Crippen LogP contribution in [-0.2, 0) is 0 Å². The Morgan fingerprint density at radius 1 is 1.45 bits per heavy atom. The Kier molecular flexibility index (Phi) is 4.32. The molecule has 104 valence electrons. The molecule has 0 aliphatic carbocycles. The average molecular weight is 360 g/mol. The molecule has 0 aliphatic rings. The Hall–Kier alpha value is -1.97. The van der Waals surface area contributed by atoms with Crippen molar-refractivity contribution in [3.8, 4) is 0 Å². The Labute approximate surface area is 126 Å². The number of anilines is 3. The van der Waals surface area contributed by atoms with Gasteiger partial charge in [0.05, 0.1) is 10.6 Å². The van der Waals surface area contributed by atoms with E-state index < -0.39 is 4.92 Å². The maximum atomic E-state index is 11.0. The fourth-order valence-electron chi connectivity index (χ4n) is 1.39. The van der Waals surface area contributed by atoms with E-state index in [0.717, 1.165) is 6.20 Å². The number of benzene rings is 1. The molecule has 0 spiro atoms. The summed E-state index contributed by atoms with van der Waals surface area (Å²) < 4.78 is 0.678. The summed E-state index contributed by atoms with van der Waals surface area (Å²) >= 11 is 9.19. The zero-order valence-electron chi connectivity index (χ0n) is 9.80. The monoisotopic (exact) mass is 358 g/mol. The Morgan fingerprint density at radius 3 is 2.85 bits per heavy atom. The molecule has 0 fully saturated rings. The summed E-state index contributed by atoms with van der Waals surface area (Å²) in [6, 6.07) is 4.99. The molecule has 0 unspecified atom stereocenters. The highest BCUT2D eigenvalue weighted by Gasteiger charge is 2.18. The number of rotatable bonds is 4. The van der Waals surface area contributed by atoms with Crippen LogP contribution in [0.4, 0.5) is 23.1 Å². The number of halogens is 2. The van der Waals surface area contributed by atoms with Crippen molar-refractivity contribution in [1.82, 2.24) is 9.97 Å². The van der Waals surface area contributed by atoms with Crippen molar-refractivity contribution in [2.45, 2.75) is 0 Å². The highest BCUT2D eigenvalue weighted by Crippen LogP contribution is 2.31. The van der Waals surface area contributed by atoms with E-state index in [1.807, 2.05) is 0 Å². The van der Waals surface area contributed by atoms with E-state index in [0.29, 0.717) is 15.2 Å². The maximum Gasteiger partial charge on any atom is 0.329 e. The normalized spacial score (nSPS) is 10.2. The number of nitrogens with one attached hydrogen (secondary N) is 2. The quantitative estimate of drug-likeness (QED) is 0.436. The summed E-state index contributed by atoms with van der Waals surface area (Å²) in [4.78, 5) is 18.0. The molecule has 0 aliphatic heterocycles. The second-order valence-corrected chi connectivity index (χ2v) is 4.87. The van der Waals surface area contributed by atoms with Gasteiger partial charge >= 0.3 is 5.69 Å². The number of nitro groups is 1. The molecular weight excluding hydrogens is 352 g/mol. The molecule has 8 nitrogen and oxygen atoms in total. The molecule has 0 radical (unpaired) electrons. The molecule has 1 aromatic heterocycles. The van der Waals surface area contributed by atoms with Gasteiger partial charge in [0.25, 0.3) is 0 Å². The Bertz CT molecular complexity index is 668. The van der Waals surface area contributed by atoms with Crippen molar-refractivity contribution in [3.05, 3.63) is 44.0 Å². The minimum absolute atomic E-state index is 0.000849. The molecule has 4 N–H and O–H groups in total. The van der Waals surface area contributed by atoms with E-state index in [2.05, 4.69) is 36.6 Å². The van der Waals surface area contributed by atoms with Crippen molar-refractivity contribution in [2.75, 3.05) is 10.7 Å². The van der Waals surface area contributed by atoms with E-state index in [4.69, 9.17) is 17.4 Å². The summed E-state index contributed by atoms with van der Waals surface area (Å²) in [5, 5.41) is 14.3. The van der Waals surface area contributed by atoms with Gasteiger partial charge in [0.15, 0.2) is 0 Å². The zero-order valence-corrected chi connectivity index (χ0v) is 12.1. The minimum Gasteiger partial charge on any atom is -0.333 e. The molecule has 0 bridgehead atoms. The summed E-state index contributed by atoms with van der Waals surface area (Å²) in [7, 11) is 0. The van der Waals surface area contributed by atoms with Crippen molar-refractivity contribution < 1.29 is 4.92 Å². The lowest BCUT2D eigenvalue weighted by Crippen LogP contribution is -2.12. The lowest BCUT2D eigenvalue weighted by molar-refractivity contribution is -0.384. The molecular formula is C10H8BrClN6O2. The first-order valence-corrected chi connectivity index (χ1v) is 6.38. The molecule has 2 rings (SSSR count). The molecule has 10 heteroatoms. The molecule has 2 aromatic rings. The average Bonchev–Trinajstić information content (AvgIpc) is 2.42. The molecule has 0 atom stereocenters. The third kappa shape index (κ3) is 3.13. The van der Waals surface area contributed by atoms with Gasteiger partial charge in [-0.2, -0.15) is 4.98 Å². The molecule has 0 saturated carbocycles. The van der Waals surface area contributed by atoms with Crippen LogP contribution in [0.15, 0.2) is 28.9 Å². The van der Waals surface area contributed by atoms with Crippen LogP contribution < -0.4 is 16.6 Å². The van der Waals surface area contributed by atoms with Gasteiger partial charge in [-0.15, -0.1) is 0 Å². The van der Waals surface area contributed by atoms with Gasteiger partial charge in [-0.3, -0.25) is 15.5 Å². The van der Waals surface area contributed by atoms with E-state index in [-0.39, 0.29) is 17.5 Å². The Morgan fingerprint density at radius 2 is 2.20 bits per heavy atom. The summed E-state index contributed by atoms with van der Waals surface area (Å²) in [5.41, 5.74) is 2.47. The largest absolute Gasteiger partial charge is 0.333 e. The lowest BCUT2D eigenvalue weighted by atomic mass is 10.3. The predicted octanol–water partition coefficient (Wildman–Crippen LogP) is 2.83. The smallest absolute Gasteiger partial charge is 0.329 e. The highest BCUT2D eigenvalue weighted by molar-refractivity contribution is 9.10. The van der Waals surface area contributed by atoms with Crippen LogP contribution in [-0.4, -0.2) is 14.9 Å². The predicted molar refractivity (Wildman–Crippen MR) is 78.9 cm³/mol. The zero-order chi connectivity index (χ0) is 14.7. The van der Waals surface area contributed by atoms with Crippen LogP contribution in [0.2, 0.25) is 5.02 Å². The number of aromatic nitrogens is 2. The van der Waals surface area contributed by atoms with Crippen LogP contribution >= 0.6 is 27.5 Å². The van der Waals surface area contributed by atoms with E-state index in [9.17, 15) is 10.1 Å². The fraction of sp³-hybridized carbons (Fsp3) is 0. The van der Waals surface area contributed by atoms with Crippen LogP contribution in [0.5, 0.6) is 0 Å². The second-order valence-electron chi connectivity index (χ2n) is 3.58. The Balaban J connectivity index is 2.45. The third-order valence-corrected chi connectivity index (χ3v) is 3.20. The number of hydrogen-bond acceptors (Lipinski definition) is 7. The SMILES string of the molecule is NNc1ncc([N+](=O)[O-])c(Nc2cc(Cl)ccc2Br)n1. The number of nitrogen functional groups attached to an aromatic ring is 1. The number of hydrazine groups is 1. The van der Waals surface area contributed by atoms with Crippen LogP contribution in [0.25, 0.3) is 0 Å². The molecule has 0 saturated heterocycles. The number of nitrogens with zero attached hydrogens (tertiary/aromatic N) is 3. The van der Waals surface area contributed by atoms with Gasteiger partial charge in [0.2, 0.25) is 11.8 Å². The topological polar surface area (TPSA) is 119 Å². The van der Waals surface area contributed by atoms with E-state index in [1.54, 1.807) is 18.2 Å². The maximum absolute atomic E-state index is 11.0. The standard InChI is InChI=1S/C10H8BrClN6O2/c11-6-2-1-5(12)3-7(6)15-9-8(18(19)20)4-14-10(16-9)17-13/h1-4H,13H2,(H2,14,15,16,17). The minimum atomic E-state index is -0.596. The summed E-state index contributed by atoms with van der Waals surface area (Å²) in [6.07, 6.45) is 1.06. The van der Waals surface area contributed by atoms with Crippen molar-refractivity contribution in [2.24, 2.45) is 5.84 Å². The lowest BCUT2D eigenvalue weighted by Gasteiger charge is -2.09. The van der Waals surface area contributed by atoms with Crippen molar-refractivity contribution >= 4 is 50.7 Å². The molecule has 1 aromatic carbocycles. The van der Waals surface area contributed by atoms with Crippen molar-refractivity contribution in [3.63, 3.8) is 0 Å². The van der Waals surface area contributed by atoms with E-state index >= 15 is 0 Å². The van der Waals surface area contributed by atoms with E-state index in [1.165, 1.54) is 0 Å². The van der Waals surface area contributed by atoms with Crippen LogP contribution in [0, 0.1) is 10.1 Å². The first kappa shape index (κ1) is 14.4. The molecule has 20 heavy (non-hydrogen) atoms. The van der Waals surface area contributed by atoms with Crippen molar-refractivity contribution in [1.29, 1.82) is 0 Å². The number of nitrogens with two attached hydrogens (primary N) is 1. The highest BCUT2D eigenvalue weighted by atomic mass is 79.9. The van der Waals surface area contributed by atoms with Crippen LogP contribution in [0.3, 0.4) is 0 Å². The fourth-order valence-corrected chi connectivity index (χ4v) is 1.91. The van der Waals surface area contributed by atoms with Gasteiger partial charge < -0.3 is 5.32 Å². The first-order valence-electron chi connectivity index (χ1n) is 5.21. The molecule has 1 heterocycles. The van der Waals surface area contributed by atoms with Gasteiger partial charge in [-0.1, -0.05) is 11.6 Å². The van der Waals surface area contributed by atoms with Gasteiger partial charge in [-0.05, 0) is 34.1 Å². The van der Waals surface area contributed by atoms with Gasteiger partial charge in [0.1, 0.15) is 6.20 Å². The third-order valence-electron chi connectivity index (χ3n) is 2.28. The van der Waals surface area contributed by atoms with Gasteiger partial charge in [0, 0.05) is 9.50 Å². The second kappa shape index (κ2) is 5.99. The first-order chi connectivity index (χ1) is 9.51. The van der Waals surface area contributed by atoms with Gasteiger partial charge in [-0.25, -0.2) is 10.8 Å². The number of hydrogen-bond donors (Lipinski definition) is 3. The molecule has 0 amide bonds. The summed E-state index contributed by atoms with van der Waals surface area (Å²) in [5.74, 6) is 5.24. The summed E-state index contributed by atoms with van der Waals surface area (Å²) in [6.45, 7) is 0.